The molecular formula is C6H5B3F2O3. The van der Waals surface area contributed by atoms with Crippen LogP contribution in [0.4, 0.5) is 8.78 Å². The predicted molar refractivity (Wildman–Crippen MR) is 49.3 cm³/mol. The first kappa shape index (κ1) is 9.70. The van der Waals surface area contributed by atoms with Crippen LogP contribution in [0.1, 0.15) is 0 Å². The molecule has 3 nitrogen and oxygen atoms in total. The minimum Gasteiger partial charge on any atom is -0.458 e. The minimum absolute atomic E-state index is 0.0293. The van der Waals surface area contributed by atoms with Gasteiger partial charge in [0.2, 0.25) is 0 Å². The lowest BCUT2D eigenvalue weighted by atomic mass is 9.74. The van der Waals surface area contributed by atoms with E-state index >= 15 is 0 Å². The summed E-state index contributed by atoms with van der Waals surface area (Å²) in [6.45, 7) is 0. The molecule has 1 fully saturated rings. The Kier molecular flexibility index (Phi) is 2.86. The van der Waals surface area contributed by atoms with Crippen molar-refractivity contribution in [1.29, 1.82) is 0 Å². The molecule has 8 heteroatoms. The first-order valence-corrected chi connectivity index (χ1v) is 4.04. The second-order valence-corrected chi connectivity index (χ2v) is 2.74. The highest BCUT2D eigenvalue weighted by molar-refractivity contribution is 6.71. The molecule has 0 amide bonds. The van der Waals surface area contributed by atoms with E-state index in [-0.39, 0.29) is 20.8 Å². The Labute approximate surface area is 81.1 Å². The van der Waals surface area contributed by atoms with Gasteiger partial charge in [-0.25, -0.2) is 8.78 Å². The molecule has 70 valence electrons. The molecule has 0 spiro atoms. The van der Waals surface area contributed by atoms with Crippen molar-refractivity contribution in [2.24, 2.45) is 0 Å². The van der Waals surface area contributed by atoms with E-state index in [2.05, 4.69) is 0 Å². The van der Waals surface area contributed by atoms with Crippen molar-refractivity contribution in [3.8, 4) is 0 Å². The topological polar surface area (TPSA) is 27.7 Å². The van der Waals surface area contributed by atoms with Crippen molar-refractivity contribution in [2.75, 3.05) is 0 Å². The standard InChI is InChI=1S/C6H5B3F2O3/c10-4-2-1-3-5(11)6(4)9-13-7-12-8-14-9/h1-3,7-8H. The maximum absolute atomic E-state index is 13.2. The Bertz CT molecular complexity index is 312. The summed E-state index contributed by atoms with van der Waals surface area (Å²) in [5.74, 6) is -1.37. The van der Waals surface area contributed by atoms with Gasteiger partial charge in [0.05, 0.1) is 5.46 Å². The van der Waals surface area contributed by atoms with E-state index in [9.17, 15) is 8.78 Å². The fourth-order valence-corrected chi connectivity index (χ4v) is 1.20. The molecule has 0 saturated carbocycles. The molecule has 1 aliphatic heterocycles. The van der Waals surface area contributed by atoms with Gasteiger partial charge >= 0.3 is 22.5 Å². The van der Waals surface area contributed by atoms with Crippen LogP contribution in [-0.2, 0) is 13.7 Å². The lowest BCUT2D eigenvalue weighted by Gasteiger charge is -2.19. The second kappa shape index (κ2) is 4.12. The summed E-state index contributed by atoms with van der Waals surface area (Å²) < 4.78 is 40.9. The largest absolute Gasteiger partial charge is 0.472 e. The number of rotatable bonds is 1. The monoisotopic (exact) mass is 196 g/mol. The minimum atomic E-state index is -1.02. The van der Waals surface area contributed by atoms with E-state index in [0.717, 1.165) is 12.1 Å². The summed E-state index contributed by atoms with van der Waals surface area (Å²) in [5.41, 5.74) is -0.212. The SMILES string of the molecule is Fc1cccc(F)c1B1OBOBO1. The van der Waals surface area contributed by atoms with E-state index in [0.29, 0.717) is 0 Å². The van der Waals surface area contributed by atoms with Crippen LogP contribution < -0.4 is 5.46 Å². The molecular weight excluding hydrogens is 190 g/mol. The van der Waals surface area contributed by atoms with E-state index in [1.54, 1.807) is 0 Å². The lowest BCUT2D eigenvalue weighted by molar-refractivity contribution is 0.331. The molecule has 0 atom stereocenters. The van der Waals surface area contributed by atoms with E-state index < -0.39 is 18.8 Å². The number of hydrogen-bond acceptors (Lipinski definition) is 3. The van der Waals surface area contributed by atoms with Crippen molar-refractivity contribution >= 4 is 28.0 Å². The van der Waals surface area contributed by atoms with Gasteiger partial charge in [-0.05, 0) is 12.1 Å². The van der Waals surface area contributed by atoms with Crippen LogP contribution >= 0.6 is 0 Å². The molecule has 0 unspecified atom stereocenters. The van der Waals surface area contributed by atoms with Gasteiger partial charge in [0, 0.05) is 0 Å². The fourth-order valence-electron chi connectivity index (χ4n) is 1.20. The zero-order valence-electron chi connectivity index (χ0n) is 7.20. The molecule has 1 saturated heterocycles. The quantitative estimate of drug-likeness (QED) is 0.553. The maximum atomic E-state index is 13.2. The van der Waals surface area contributed by atoms with Crippen LogP contribution in [-0.4, -0.2) is 22.5 Å². The number of hydrogen-bond donors (Lipinski definition) is 0. The maximum Gasteiger partial charge on any atom is 0.472 e. The number of benzene rings is 1. The molecule has 0 aromatic heterocycles. The van der Waals surface area contributed by atoms with Gasteiger partial charge < -0.3 is 13.7 Å². The first-order valence-electron chi connectivity index (χ1n) is 4.04. The molecule has 0 aliphatic carbocycles. The Morgan fingerprint density at radius 2 is 1.64 bits per heavy atom. The van der Waals surface area contributed by atoms with Gasteiger partial charge in [0.15, 0.2) is 0 Å². The molecule has 0 radical (unpaired) electrons. The average Bonchev–Trinajstić information content (AvgIpc) is 2.19. The van der Waals surface area contributed by atoms with Gasteiger partial charge in [-0.3, -0.25) is 0 Å². The van der Waals surface area contributed by atoms with Crippen LogP contribution in [0.3, 0.4) is 0 Å². The fraction of sp³-hybridized carbons (Fsp3) is 0. The third-order valence-electron chi connectivity index (χ3n) is 1.84. The van der Waals surface area contributed by atoms with Crippen molar-refractivity contribution in [1.82, 2.24) is 0 Å². The van der Waals surface area contributed by atoms with Crippen LogP contribution in [0.25, 0.3) is 0 Å². The smallest absolute Gasteiger partial charge is 0.458 e. The van der Waals surface area contributed by atoms with Gasteiger partial charge in [0.1, 0.15) is 11.6 Å². The Hall–Kier alpha value is -0.845. The molecule has 1 heterocycles. The molecule has 0 bridgehead atoms. The first-order chi connectivity index (χ1) is 6.79. The van der Waals surface area contributed by atoms with Crippen LogP contribution in [0.2, 0.25) is 0 Å². The van der Waals surface area contributed by atoms with Gasteiger partial charge in [0.25, 0.3) is 0 Å². The van der Waals surface area contributed by atoms with E-state index in [1.165, 1.54) is 6.07 Å². The summed E-state index contributed by atoms with van der Waals surface area (Å²) in [6.07, 6.45) is 0. The highest BCUT2D eigenvalue weighted by Crippen LogP contribution is 2.04. The van der Waals surface area contributed by atoms with Gasteiger partial charge in [-0.1, -0.05) is 6.07 Å². The summed E-state index contributed by atoms with van der Waals surface area (Å²) in [6, 6.07) is 3.59. The Morgan fingerprint density at radius 1 is 1.07 bits per heavy atom. The Morgan fingerprint density at radius 3 is 2.21 bits per heavy atom. The molecule has 1 aromatic rings. The number of halogens is 2. The van der Waals surface area contributed by atoms with E-state index in [1.807, 2.05) is 0 Å². The summed E-state index contributed by atoms with van der Waals surface area (Å²) >= 11 is 0. The van der Waals surface area contributed by atoms with Gasteiger partial charge in [-0.2, -0.15) is 0 Å². The molecule has 2 rings (SSSR count). The highest BCUT2D eigenvalue weighted by Gasteiger charge is 2.31. The third kappa shape index (κ3) is 1.82. The summed E-state index contributed by atoms with van der Waals surface area (Å²) in [5, 5.41) is 0. The molecule has 1 aromatic carbocycles. The zero-order valence-corrected chi connectivity index (χ0v) is 7.20. The normalized spacial score (nSPS) is 16.0. The molecule has 1 aliphatic rings. The second-order valence-electron chi connectivity index (χ2n) is 2.74. The van der Waals surface area contributed by atoms with Crippen LogP contribution in [0.15, 0.2) is 18.2 Å². The van der Waals surface area contributed by atoms with Crippen LogP contribution in [0, 0.1) is 11.6 Å². The van der Waals surface area contributed by atoms with Crippen molar-refractivity contribution < 1.29 is 22.5 Å². The van der Waals surface area contributed by atoms with E-state index in [4.69, 9.17) is 13.7 Å². The lowest BCUT2D eigenvalue weighted by Crippen LogP contribution is -2.47. The van der Waals surface area contributed by atoms with Gasteiger partial charge in [-0.15, -0.1) is 0 Å². The average molecular weight is 196 g/mol. The highest BCUT2D eigenvalue weighted by atomic mass is 19.1. The van der Waals surface area contributed by atoms with Crippen molar-refractivity contribution in [3.05, 3.63) is 29.8 Å². The molecule has 14 heavy (non-hydrogen) atoms. The molecule has 0 N–H and O–H groups in total. The van der Waals surface area contributed by atoms with Crippen LogP contribution in [0.5, 0.6) is 0 Å². The zero-order chi connectivity index (χ0) is 9.97. The van der Waals surface area contributed by atoms with Crippen molar-refractivity contribution in [3.63, 3.8) is 0 Å². The van der Waals surface area contributed by atoms with Crippen molar-refractivity contribution in [2.45, 2.75) is 0 Å². The summed E-state index contributed by atoms with van der Waals surface area (Å²) in [7, 11) is -1.08. The predicted octanol–water partition coefficient (Wildman–Crippen LogP) is -0.744. The Balaban J connectivity index is 2.29. The third-order valence-corrected chi connectivity index (χ3v) is 1.84. The summed E-state index contributed by atoms with van der Waals surface area (Å²) in [4.78, 5) is 0.